The molecular weight excluding hydrogens is 753 g/mol. The molecule has 0 aliphatic rings. The Labute approximate surface area is 356 Å². The van der Waals surface area contributed by atoms with Gasteiger partial charge in [0.15, 0.2) is 25.8 Å². The maximum Gasteiger partial charge on any atom is 0.306 e. The molecule has 0 aromatic heterocycles. The molecule has 2 N–H and O–H groups in total. The monoisotopic (exact) mass is 846 g/mol. The highest BCUT2D eigenvalue weighted by molar-refractivity contribution is 7.51. The van der Waals surface area contributed by atoms with E-state index in [1.807, 2.05) is 0 Å². The smallest absolute Gasteiger partial charge is 0.306 e. The molecule has 0 spiro atoms. The predicted octanol–water partition coefficient (Wildman–Crippen LogP) is 11.8. The van der Waals surface area contributed by atoms with Gasteiger partial charge in [-0.3, -0.25) is 9.59 Å². The molecule has 0 aromatic carbocycles. The number of rotatable bonds is 43. The number of hydrogen-bond donors (Lipinski definition) is 2. The van der Waals surface area contributed by atoms with Crippen molar-refractivity contribution < 1.29 is 47.7 Å². The Morgan fingerprint density at radius 1 is 0.603 bits per heavy atom. The van der Waals surface area contributed by atoms with Crippen LogP contribution in [0.4, 0.5) is 0 Å². The van der Waals surface area contributed by atoms with E-state index in [9.17, 15) is 29.3 Å². The molecule has 11 heteroatoms. The van der Waals surface area contributed by atoms with Gasteiger partial charge < -0.3 is 38.2 Å². The third-order valence-corrected chi connectivity index (χ3v) is 13.5. The largest absolute Gasteiger partial charge is 0.774 e. The number of carbonyl (C=O) groups excluding carboxylic acids is 2. The summed E-state index contributed by atoms with van der Waals surface area (Å²) in [7, 11) is -1.10. The van der Waals surface area contributed by atoms with Gasteiger partial charge in [0.1, 0.15) is 6.61 Å². The second kappa shape index (κ2) is 38.6. The first-order chi connectivity index (χ1) is 27.9. The predicted molar refractivity (Wildman–Crippen MR) is 237 cm³/mol. The lowest BCUT2D eigenvalue weighted by Gasteiger charge is -2.44. The van der Waals surface area contributed by atoms with Gasteiger partial charge in [0.2, 0.25) is 0 Å². The van der Waals surface area contributed by atoms with Crippen LogP contribution in [-0.2, 0) is 28.2 Å². The van der Waals surface area contributed by atoms with Crippen LogP contribution in [0.25, 0.3) is 0 Å². The molecule has 0 heterocycles. The summed E-state index contributed by atoms with van der Waals surface area (Å²) >= 11 is 0. The minimum absolute atomic E-state index is 0.00987. The van der Waals surface area contributed by atoms with Crippen LogP contribution in [0.1, 0.15) is 226 Å². The average Bonchev–Trinajstić information content (AvgIpc) is 3.18. The van der Waals surface area contributed by atoms with E-state index >= 15 is 0 Å². The first-order valence-corrected chi connectivity index (χ1v) is 25.6. The summed E-state index contributed by atoms with van der Waals surface area (Å²) in [5.41, 5.74) is 0. The van der Waals surface area contributed by atoms with Crippen LogP contribution in [0, 0.1) is 0 Å². The van der Waals surface area contributed by atoms with Crippen molar-refractivity contribution in [2.24, 2.45) is 0 Å². The van der Waals surface area contributed by atoms with Gasteiger partial charge >= 0.3 is 11.9 Å². The SMILES string of the molecule is CCCCCCC/C=C\CCCCCCCCC(=O)OC[C@H](COP(=O)([O-])C(CC)[N+](C)(C)CCC(O)O)OC(=O)CCCCCCCCCCCCCCCCC. The number of carbonyl (C=O) groups is 2. The number of hydrogen-bond acceptors (Lipinski definition) is 9. The summed E-state index contributed by atoms with van der Waals surface area (Å²) in [6, 6.07) is 0. The summed E-state index contributed by atoms with van der Waals surface area (Å²) in [4.78, 5) is 38.9. The first-order valence-electron chi connectivity index (χ1n) is 24.0. The van der Waals surface area contributed by atoms with E-state index in [4.69, 9.17) is 14.0 Å². The van der Waals surface area contributed by atoms with E-state index in [2.05, 4.69) is 26.0 Å². The maximum absolute atomic E-state index is 13.4. The van der Waals surface area contributed by atoms with Crippen molar-refractivity contribution >= 4 is 19.5 Å². The summed E-state index contributed by atoms with van der Waals surface area (Å²) in [6.07, 6.45) is 36.2. The van der Waals surface area contributed by atoms with Crippen LogP contribution in [0.3, 0.4) is 0 Å². The molecule has 2 unspecified atom stereocenters. The fraction of sp³-hybridized carbons (Fsp3) is 0.915. The highest BCUT2D eigenvalue weighted by Gasteiger charge is 2.37. The average molecular weight is 846 g/mol. The van der Waals surface area contributed by atoms with Crippen LogP contribution >= 0.6 is 7.60 Å². The van der Waals surface area contributed by atoms with Gasteiger partial charge in [-0.05, 0) is 38.5 Å². The number of quaternary nitrogens is 1. The summed E-state index contributed by atoms with van der Waals surface area (Å²) in [6.45, 7) is 5.71. The standard InChI is InChI=1S/C47H92NO9P/c1-6-9-11-13-15-17-19-21-23-25-27-29-31-33-35-37-46(51)55-41-43(42-56-58(53,54)44(8-3)48(4,5)40-39-45(49)50)57-47(52)38-36-34-32-30-28-26-24-22-20-18-16-14-12-10-7-2/h19,21,43-45,49-50H,6-18,20,22-42H2,1-5H3/b21-19-/t43-,44?/m1/s1. The minimum Gasteiger partial charge on any atom is -0.774 e. The van der Waals surface area contributed by atoms with E-state index in [0.29, 0.717) is 12.8 Å². The Morgan fingerprint density at radius 3 is 1.41 bits per heavy atom. The lowest BCUT2D eigenvalue weighted by Crippen LogP contribution is -2.51. The van der Waals surface area contributed by atoms with E-state index in [0.717, 1.165) is 44.9 Å². The summed E-state index contributed by atoms with van der Waals surface area (Å²) in [5.74, 6) is -1.81. The van der Waals surface area contributed by atoms with Crippen molar-refractivity contribution in [3.63, 3.8) is 0 Å². The van der Waals surface area contributed by atoms with E-state index in [1.165, 1.54) is 122 Å². The molecule has 0 saturated carbocycles. The molecule has 3 atom stereocenters. The zero-order valence-electron chi connectivity index (χ0n) is 38.3. The summed E-state index contributed by atoms with van der Waals surface area (Å²) in [5, 5.41) is 18.7. The molecule has 0 rings (SSSR count). The molecule has 0 aliphatic heterocycles. The van der Waals surface area contributed by atoms with Gasteiger partial charge in [-0.1, -0.05) is 174 Å². The van der Waals surface area contributed by atoms with Crippen molar-refractivity contribution in [1.82, 2.24) is 0 Å². The topological polar surface area (TPSA) is 142 Å². The third kappa shape index (κ3) is 34.4. The maximum atomic E-state index is 13.4. The van der Waals surface area contributed by atoms with Crippen molar-refractivity contribution in [3.05, 3.63) is 12.2 Å². The molecule has 10 nitrogen and oxygen atoms in total. The van der Waals surface area contributed by atoms with Gasteiger partial charge in [-0.25, -0.2) is 0 Å². The Bertz CT molecular complexity index is 1040. The van der Waals surface area contributed by atoms with Crippen molar-refractivity contribution in [3.8, 4) is 0 Å². The molecule has 58 heavy (non-hydrogen) atoms. The van der Waals surface area contributed by atoms with Gasteiger partial charge in [0.25, 0.3) is 0 Å². The summed E-state index contributed by atoms with van der Waals surface area (Å²) < 4.78 is 30.0. The first kappa shape index (κ1) is 56.7. The second-order valence-corrected chi connectivity index (χ2v) is 19.3. The van der Waals surface area contributed by atoms with Gasteiger partial charge in [-0.2, -0.15) is 0 Å². The molecule has 0 radical (unpaired) electrons. The Morgan fingerprint density at radius 2 is 1.00 bits per heavy atom. The van der Waals surface area contributed by atoms with Crippen LogP contribution < -0.4 is 4.89 Å². The van der Waals surface area contributed by atoms with Crippen molar-refractivity contribution in [2.45, 2.75) is 244 Å². The van der Waals surface area contributed by atoms with E-state index in [1.54, 1.807) is 21.0 Å². The molecule has 344 valence electrons. The molecular formula is C47H92NO9P. The van der Waals surface area contributed by atoms with Crippen LogP contribution in [0.5, 0.6) is 0 Å². The normalized spacial score (nSPS) is 14.2. The van der Waals surface area contributed by atoms with Crippen LogP contribution in [0.15, 0.2) is 12.2 Å². The van der Waals surface area contributed by atoms with E-state index < -0.39 is 44.3 Å². The second-order valence-electron chi connectivity index (χ2n) is 17.3. The van der Waals surface area contributed by atoms with Gasteiger partial charge in [0, 0.05) is 25.7 Å². The number of esters is 2. The Hall–Kier alpha value is -1.29. The molecule has 0 bridgehead atoms. The number of aliphatic hydroxyl groups is 2. The zero-order chi connectivity index (χ0) is 43.2. The number of nitrogens with zero attached hydrogens (tertiary/aromatic N) is 1. The third-order valence-electron chi connectivity index (χ3n) is 11.3. The van der Waals surface area contributed by atoms with Crippen molar-refractivity contribution in [2.75, 3.05) is 33.9 Å². The lowest BCUT2D eigenvalue weighted by molar-refractivity contribution is -0.904. The lowest BCUT2D eigenvalue weighted by atomic mass is 10.0. The van der Waals surface area contributed by atoms with Gasteiger partial charge in [0.05, 0.1) is 27.2 Å². The fourth-order valence-electron chi connectivity index (χ4n) is 7.57. The Kier molecular flexibility index (Phi) is 37.8. The molecule has 0 fully saturated rings. The number of unbranched alkanes of at least 4 members (excludes halogenated alkanes) is 25. The molecule has 0 amide bonds. The van der Waals surface area contributed by atoms with Crippen molar-refractivity contribution in [1.29, 1.82) is 0 Å². The zero-order valence-corrected chi connectivity index (χ0v) is 39.2. The number of allylic oxidation sites excluding steroid dienone is 2. The molecule has 0 aromatic rings. The molecule has 0 aliphatic carbocycles. The Balaban J connectivity index is 4.69. The van der Waals surface area contributed by atoms with Gasteiger partial charge in [-0.15, -0.1) is 0 Å². The van der Waals surface area contributed by atoms with Crippen LogP contribution in [0.2, 0.25) is 0 Å². The quantitative estimate of drug-likeness (QED) is 0.0153. The minimum atomic E-state index is -4.51. The molecule has 0 saturated heterocycles. The van der Waals surface area contributed by atoms with Crippen LogP contribution in [-0.4, -0.2) is 78.7 Å². The fourth-order valence-corrected chi connectivity index (χ4v) is 9.45. The number of aliphatic hydroxyl groups excluding tert-OH is 1. The highest BCUT2D eigenvalue weighted by Crippen LogP contribution is 2.48. The highest BCUT2D eigenvalue weighted by atomic mass is 31.2. The van der Waals surface area contributed by atoms with E-state index in [-0.39, 0.29) is 43.3 Å². The number of ether oxygens (including phenoxy) is 2.